The molecular weight excluding hydrogens is 388 g/mol. The van der Waals surface area contributed by atoms with Crippen molar-refractivity contribution in [1.82, 2.24) is 9.55 Å². The molecule has 0 atom stereocenters. The molecule has 0 saturated carbocycles. The van der Waals surface area contributed by atoms with Crippen molar-refractivity contribution in [2.45, 2.75) is 6.61 Å². The Kier molecular flexibility index (Phi) is 3.21. The van der Waals surface area contributed by atoms with Crippen molar-refractivity contribution in [2.75, 3.05) is 0 Å². The van der Waals surface area contributed by atoms with Gasteiger partial charge < -0.3 is 4.74 Å². The molecular formula is C26H16N2OS. The second-order valence-electron chi connectivity index (χ2n) is 7.63. The molecule has 6 aromatic rings. The third kappa shape index (κ3) is 2.17. The molecule has 4 aromatic carbocycles. The number of benzene rings is 4. The SMILES string of the molecule is c1ccc2c(c1)COc1nc3cc(-c4cccc5c4sc4ccccc45)ccc3n1-2. The first-order chi connectivity index (χ1) is 14.9. The van der Waals surface area contributed by atoms with E-state index in [-0.39, 0.29) is 0 Å². The van der Waals surface area contributed by atoms with Gasteiger partial charge in [-0.05, 0) is 35.4 Å². The number of aromatic nitrogens is 2. The average Bonchev–Trinajstić information content (AvgIpc) is 3.37. The van der Waals surface area contributed by atoms with Gasteiger partial charge in [0.05, 0.1) is 16.7 Å². The van der Waals surface area contributed by atoms with Crippen molar-refractivity contribution in [3.05, 3.63) is 90.5 Å². The quantitative estimate of drug-likeness (QED) is 0.296. The van der Waals surface area contributed by atoms with Crippen LogP contribution >= 0.6 is 11.3 Å². The Morgan fingerprint density at radius 2 is 1.70 bits per heavy atom. The van der Waals surface area contributed by atoms with Gasteiger partial charge in [-0.25, -0.2) is 0 Å². The molecule has 0 fully saturated rings. The first-order valence-electron chi connectivity index (χ1n) is 10.0. The minimum absolute atomic E-state index is 0.563. The third-order valence-corrected chi connectivity index (χ3v) is 7.15. The number of para-hydroxylation sites is 1. The standard InChI is InChI=1S/C26H16N2OS/c1-3-10-22-17(6-1)15-29-26-27-21-14-16(12-13-23(21)28(22)26)18-8-5-9-20-19-7-2-4-11-24(19)30-25(18)20/h1-14H,15H2. The zero-order chi connectivity index (χ0) is 19.7. The van der Waals surface area contributed by atoms with Crippen molar-refractivity contribution in [3.63, 3.8) is 0 Å². The number of ether oxygens (including phenoxy) is 1. The highest BCUT2D eigenvalue weighted by molar-refractivity contribution is 7.26. The lowest BCUT2D eigenvalue weighted by Gasteiger charge is -2.19. The molecule has 142 valence electrons. The Hall–Kier alpha value is -3.63. The Labute approximate surface area is 176 Å². The highest BCUT2D eigenvalue weighted by Crippen LogP contribution is 2.41. The average molecular weight is 404 g/mol. The fourth-order valence-corrected chi connectivity index (χ4v) is 5.76. The van der Waals surface area contributed by atoms with Crippen molar-refractivity contribution in [1.29, 1.82) is 0 Å². The van der Waals surface area contributed by atoms with Gasteiger partial charge in [-0.15, -0.1) is 11.3 Å². The molecule has 1 aliphatic heterocycles. The molecule has 0 unspecified atom stereocenters. The van der Waals surface area contributed by atoms with Crippen molar-refractivity contribution >= 4 is 42.5 Å². The second-order valence-corrected chi connectivity index (χ2v) is 8.68. The summed E-state index contributed by atoms with van der Waals surface area (Å²) in [5, 5.41) is 2.64. The molecule has 0 bridgehead atoms. The van der Waals surface area contributed by atoms with Crippen LogP contribution in [0.15, 0.2) is 84.9 Å². The van der Waals surface area contributed by atoms with Crippen LogP contribution in [-0.4, -0.2) is 9.55 Å². The van der Waals surface area contributed by atoms with E-state index < -0.39 is 0 Å². The molecule has 4 heteroatoms. The number of hydrogen-bond acceptors (Lipinski definition) is 3. The lowest BCUT2D eigenvalue weighted by molar-refractivity contribution is 0.265. The number of rotatable bonds is 1. The van der Waals surface area contributed by atoms with Gasteiger partial charge in [0.2, 0.25) is 0 Å². The number of fused-ring (bicyclic) bond motifs is 8. The Balaban J connectivity index is 1.46. The van der Waals surface area contributed by atoms with Gasteiger partial charge in [0.25, 0.3) is 0 Å². The van der Waals surface area contributed by atoms with Gasteiger partial charge in [-0.1, -0.05) is 60.7 Å². The van der Waals surface area contributed by atoms with Gasteiger partial charge in [-0.2, -0.15) is 4.98 Å². The lowest BCUT2D eigenvalue weighted by atomic mass is 10.0. The van der Waals surface area contributed by atoms with E-state index in [9.17, 15) is 0 Å². The van der Waals surface area contributed by atoms with Crippen LogP contribution in [0, 0.1) is 0 Å². The minimum Gasteiger partial charge on any atom is -0.459 e. The molecule has 0 saturated heterocycles. The summed E-state index contributed by atoms with van der Waals surface area (Å²) >= 11 is 1.86. The summed E-state index contributed by atoms with van der Waals surface area (Å²) in [4.78, 5) is 4.81. The first kappa shape index (κ1) is 16.2. The van der Waals surface area contributed by atoms with Crippen LogP contribution in [0.1, 0.15) is 5.56 Å². The van der Waals surface area contributed by atoms with E-state index in [1.54, 1.807) is 0 Å². The van der Waals surface area contributed by atoms with E-state index in [0.29, 0.717) is 12.6 Å². The Morgan fingerprint density at radius 1 is 0.833 bits per heavy atom. The van der Waals surface area contributed by atoms with Gasteiger partial charge in [0.15, 0.2) is 0 Å². The van der Waals surface area contributed by atoms with Gasteiger partial charge in [-0.3, -0.25) is 4.57 Å². The third-order valence-electron chi connectivity index (χ3n) is 5.93. The molecule has 7 rings (SSSR count). The summed E-state index contributed by atoms with van der Waals surface area (Å²) in [5.74, 6) is 0. The number of thiophene rings is 1. The molecule has 0 amide bonds. The van der Waals surface area contributed by atoms with Crippen LogP contribution in [-0.2, 0) is 6.61 Å². The highest BCUT2D eigenvalue weighted by atomic mass is 32.1. The van der Waals surface area contributed by atoms with E-state index in [1.165, 1.54) is 36.9 Å². The van der Waals surface area contributed by atoms with E-state index >= 15 is 0 Å². The van der Waals surface area contributed by atoms with E-state index in [1.807, 2.05) is 11.3 Å². The van der Waals surface area contributed by atoms with E-state index in [2.05, 4.69) is 89.5 Å². The highest BCUT2D eigenvalue weighted by Gasteiger charge is 2.21. The molecule has 0 spiro atoms. The largest absolute Gasteiger partial charge is 0.459 e. The van der Waals surface area contributed by atoms with Crippen molar-refractivity contribution in [2.24, 2.45) is 0 Å². The minimum atomic E-state index is 0.563. The van der Waals surface area contributed by atoms with Gasteiger partial charge in [0.1, 0.15) is 6.61 Å². The smallest absolute Gasteiger partial charge is 0.302 e. The molecule has 2 aromatic heterocycles. The topological polar surface area (TPSA) is 27.1 Å². The molecule has 3 heterocycles. The van der Waals surface area contributed by atoms with Crippen LogP contribution in [0.4, 0.5) is 0 Å². The van der Waals surface area contributed by atoms with Crippen molar-refractivity contribution in [3.8, 4) is 22.8 Å². The molecule has 0 N–H and O–H groups in total. The lowest BCUT2D eigenvalue weighted by Crippen LogP contribution is -2.11. The van der Waals surface area contributed by atoms with Gasteiger partial charge in [0, 0.05) is 25.7 Å². The summed E-state index contributed by atoms with van der Waals surface area (Å²) in [6, 6.07) is 30.8. The van der Waals surface area contributed by atoms with Crippen LogP contribution in [0.5, 0.6) is 6.01 Å². The predicted octanol–water partition coefficient (Wildman–Crippen LogP) is 6.95. The predicted molar refractivity (Wildman–Crippen MR) is 124 cm³/mol. The van der Waals surface area contributed by atoms with Crippen LogP contribution in [0.2, 0.25) is 0 Å². The summed E-state index contributed by atoms with van der Waals surface area (Å²) < 4.78 is 10.7. The van der Waals surface area contributed by atoms with Crippen LogP contribution in [0.3, 0.4) is 0 Å². The molecule has 1 aliphatic rings. The molecule has 0 radical (unpaired) electrons. The van der Waals surface area contributed by atoms with Gasteiger partial charge >= 0.3 is 6.01 Å². The van der Waals surface area contributed by atoms with Crippen molar-refractivity contribution < 1.29 is 4.74 Å². The summed E-state index contributed by atoms with van der Waals surface area (Å²) in [6.07, 6.45) is 0. The van der Waals surface area contributed by atoms with Crippen LogP contribution in [0.25, 0.3) is 48.0 Å². The number of nitrogens with zero attached hydrogens (tertiary/aromatic N) is 2. The Morgan fingerprint density at radius 3 is 2.70 bits per heavy atom. The normalized spacial score (nSPS) is 12.8. The maximum atomic E-state index is 5.94. The molecule has 0 aliphatic carbocycles. The maximum Gasteiger partial charge on any atom is 0.302 e. The second kappa shape index (κ2) is 5.94. The molecule has 3 nitrogen and oxygen atoms in total. The number of hydrogen-bond donors (Lipinski definition) is 0. The molecule has 30 heavy (non-hydrogen) atoms. The summed E-state index contributed by atoms with van der Waals surface area (Å²) in [7, 11) is 0. The van der Waals surface area contributed by atoms with E-state index in [0.717, 1.165) is 16.7 Å². The summed E-state index contributed by atoms with van der Waals surface area (Å²) in [5.41, 5.74) is 6.80. The maximum absolute atomic E-state index is 5.94. The fraction of sp³-hybridized carbons (Fsp3) is 0.0385. The fourth-order valence-electron chi connectivity index (χ4n) is 4.52. The number of imidazole rings is 1. The zero-order valence-corrected chi connectivity index (χ0v) is 16.8. The van der Waals surface area contributed by atoms with Crippen LogP contribution < -0.4 is 4.74 Å². The first-order valence-corrected chi connectivity index (χ1v) is 10.8. The van der Waals surface area contributed by atoms with E-state index in [4.69, 9.17) is 9.72 Å². The summed E-state index contributed by atoms with van der Waals surface area (Å²) in [6.45, 7) is 0.563. The zero-order valence-electron chi connectivity index (χ0n) is 16.0. The monoisotopic (exact) mass is 404 g/mol. The Bertz CT molecular complexity index is 1610.